The number of nitrogens with zero attached hydrogens (tertiary/aromatic N) is 4. The molecule has 0 N–H and O–H groups in total. The Morgan fingerprint density at radius 2 is 2.08 bits per heavy atom. The van der Waals surface area contributed by atoms with E-state index in [0.717, 1.165) is 27.4 Å². The molecule has 0 aliphatic heterocycles. The molecular weight excluding hydrogens is 432 g/mol. The van der Waals surface area contributed by atoms with Crippen LogP contribution in [0.15, 0.2) is 51.4 Å². The minimum absolute atomic E-state index is 0.0635. The van der Waals surface area contributed by atoms with Crippen molar-refractivity contribution in [3.05, 3.63) is 62.5 Å². The molecule has 2 heterocycles. The fourth-order valence-corrected chi connectivity index (χ4v) is 4.38. The number of halogens is 1. The molecule has 0 bridgehead atoms. The topological polar surface area (TPSA) is 51.0 Å². The summed E-state index contributed by atoms with van der Waals surface area (Å²) in [7, 11) is 3.77. The van der Waals surface area contributed by atoms with Crippen LogP contribution in [0.25, 0.3) is 0 Å². The number of hydrogen-bond donors (Lipinski definition) is 0. The van der Waals surface area contributed by atoms with Gasteiger partial charge in [-0.15, -0.1) is 21.5 Å². The van der Waals surface area contributed by atoms with Gasteiger partial charge in [-0.3, -0.25) is 4.79 Å². The normalized spacial score (nSPS) is 10.9. The van der Waals surface area contributed by atoms with Crippen molar-refractivity contribution in [1.29, 1.82) is 0 Å². The number of thiophene rings is 1. The highest BCUT2D eigenvalue weighted by Gasteiger charge is 2.15. The van der Waals surface area contributed by atoms with Crippen LogP contribution in [0.3, 0.4) is 0 Å². The first-order chi connectivity index (χ1) is 12.5. The molecule has 0 radical (unpaired) electrons. The van der Waals surface area contributed by atoms with Gasteiger partial charge in [-0.2, -0.15) is 0 Å². The van der Waals surface area contributed by atoms with E-state index in [1.165, 1.54) is 16.6 Å². The second-order valence-corrected chi connectivity index (χ2v) is 8.67. The second kappa shape index (κ2) is 8.83. The Balaban J connectivity index is 1.56. The van der Waals surface area contributed by atoms with Gasteiger partial charge in [0.15, 0.2) is 5.16 Å². The van der Waals surface area contributed by atoms with Gasteiger partial charge < -0.3 is 9.47 Å². The van der Waals surface area contributed by atoms with E-state index < -0.39 is 0 Å². The number of carbonyl (C=O) groups excluding carboxylic acids is 1. The maximum absolute atomic E-state index is 12.4. The lowest BCUT2D eigenvalue weighted by atomic mass is 10.2. The fraction of sp³-hybridized carbons (Fsp3) is 0.278. The first kappa shape index (κ1) is 19.1. The predicted molar refractivity (Wildman–Crippen MR) is 109 cm³/mol. The van der Waals surface area contributed by atoms with Gasteiger partial charge in [0.25, 0.3) is 0 Å². The van der Waals surface area contributed by atoms with E-state index in [-0.39, 0.29) is 5.91 Å². The summed E-state index contributed by atoms with van der Waals surface area (Å²) in [6, 6.07) is 12.1. The fourth-order valence-electron chi connectivity index (χ4n) is 2.40. The van der Waals surface area contributed by atoms with Gasteiger partial charge in [0.2, 0.25) is 5.91 Å². The van der Waals surface area contributed by atoms with Crippen LogP contribution in [0.4, 0.5) is 0 Å². The second-order valence-electron chi connectivity index (χ2n) is 5.84. The molecule has 8 heteroatoms. The monoisotopic (exact) mass is 450 g/mol. The molecule has 0 saturated heterocycles. The molecule has 1 aromatic carbocycles. The van der Waals surface area contributed by atoms with Crippen molar-refractivity contribution in [3.8, 4) is 0 Å². The Bertz CT molecular complexity index is 879. The van der Waals surface area contributed by atoms with Crippen LogP contribution in [0.5, 0.6) is 0 Å². The number of hydrogen-bond acceptors (Lipinski definition) is 5. The van der Waals surface area contributed by atoms with E-state index in [0.29, 0.717) is 12.3 Å². The summed E-state index contributed by atoms with van der Waals surface area (Å²) in [5, 5.41) is 11.3. The molecule has 0 spiro atoms. The number of amides is 1. The molecule has 0 atom stereocenters. The highest BCUT2D eigenvalue weighted by Crippen LogP contribution is 2.21. The SMILES string of the molecule is CN(Cc1ccccc1Br)C(=O)CSc1nnc(Cc2cccs2)n1C. The van der Waals surface area contributed by atoms with Crippen molar-refractivity contribution >= 4 is 44.9 Å². The molecule has 0 aliphatic carbocycles. The lowest BCUT2D eigenvalue weighted by Gasteiger charge is -2.17. The molecule has 136 valence electrons. The van der Waals surface area contributed by atoms with Crippen molar-refractivity contribution < 1.29 is 4.79 Å². The van der Waals surface area contributed by atoms with E-state index in [1.54, 1.807) is 16.2 Å². The van der Waals surface area contributed by atoms with Gasteiger partial charge in [-0.1, -0.05) is 52.0 Å². The zero-order valence-electron chi connectivity index (χ0n) is 14.6. The molecule has 0 saturated carbocycles. The zero-order chi connectivity index (χ0) is 18.5. The van der Waals surface area contributed by atoms with Crippen molar-refractivity contribution in [2.24, 2.45) is 7.05 Å². The van der Waals surface area contributed by atoms with Gasteiger partial charge >= 0.3 is 0 Å². The van der Waals surface area contributed by atoms with Crippen LogP contribution >= 0.6 is 39.0 Å². The van der Waals surface area contributed by atoms with Crippen LogP contribution in [-0.2, 0) is 24.8 Å². The van der Waals surface area contributed by atoms with Crippen molar-refractivity contribution in [3.63, 3.8) is 0 Å². The van der Waals surface area contributed by atoms with E-state index in [9.17, 15) is 4.79 Å². The molecule has 26 heavy (non-hydrogen) atoms. The van der Waals surface area contributed by atoms with Crippen LogP contribution in [0.2, 0.25) is 0 Å². The molecule has 3 aromatic rings. The zero-order valence-corrected chi connectivity index (χ0v) is 17.8. The largest absolute Gasteiger partial charge is 0.341 e. The minimum atomic E-state index is 0.0635. The molecular formula is C18H19BrN4OS2. The summed E-state index contributed by atoms with van der Waals surface area (Å²) >= 11 is 6.65. The summed E-state index contributed by atoms with van der Waals surface area (Å²) in [6.45, 7) is 0.573. The smallest absolute Gasteiger partial charge is 0.233 e. The lowest BCUT2D eigenvalue weighted by Crippen LogP contribution is -2.28. The highest BCUT2D eigenvalue weighted by atomic mass is 79.9. The summed E-state index contributed by atoms with van der Waals surface area (Å²) in [6.07, 6.45) is 0.762. The Morgan fingerprint density at radius 3 is 2.81 bits per heavy atom. The van der Waals surface area contributed by atoms with Crippen molar-refractivity contribution in [2.45, 2.75) is 18.1 Å². The summed E-state index contributed by atoms with van der Waals surface area (Å²) in [5.74, 6) is 1.31. The van der Waals surface area contributed by atoms with Gasteiger partial charge in [0, 0.05) is 36.4 Å². The Kier molecular flexibility index (Phi) is 6.50. The number of benzene rings is 1. The van der Waals surface area contributed by atoms with Gasteiger partial charge in [0.1, 0.15) is 5.82 Å². The quantitative estimate of drug-likeness (QED) is 0.510. The van der Waals surface area contributed by atoms with Gasteiger partial charge in [-0.05, 0) is 23.1 Å². The van der Waals surface area contributed by atoms with Gasteiger partial charge in [0.05, 0.1) is 5.75 Å². The van der Waals surface area contributed by atoms with Crippen molar-refractivity contribution in [1.82, 2.24) is 19.7 Å². The predicted octanol–water partition coefficient (Wildman–Crippen LogP) is 3.98. The van der Waals surface area contributed by atoms with Crippen LogP contribution < -0.4 is 0 Å². The highest BCUT2D eigenvalue weighted by molar-refractivity contribution is 9.10. The van der Waals surface area contributed by atoms with Crippen LogP contribution in [0.1, 0.15) is 16.3 Å². The summed E-state index contributed by atoms with van der Waals surface area (Å²) in [5.41, 5.74) is 1.09. The molecule has 5 nitrogen and oxygen atoms in total. The Morgan fingerprint density at radius 1 is 1.27 bits per heavy atom. The van der Waals surface area contributed by atoms with Gasteiger partial charge in [-0.25, -0.2) is 0 Å². The maximum atomic E-state index is 12.4. The molecule has 2 aromatic heterocycles. The number of rotatable bonds is 7. The maximum Gasteiger partial charge on any atom is 0.233 e. The van der Waals surface area contributed by atoms with E-state index in [2.05, 4.69) is 37.6 Å². The van der Waals surface area contributed by atoms with Crippen molar-refractivity contribution in [2.75, 3.05) is 12.8 Å². The third-order valence-electron chi connectivity index (χ3n) is 3.95. The molecule has 3 rings (SSSR count). The van der Waals surface area contributed by atoms with E-state index in [1.807, 2.05) is 49.0 Å². The first-order valence-electron chi connectivity index (χ1n) is 8.05. The third kappa shape index (κ3) is 4.75. The van der Waals surface area contributed by atoms with Crippen LogP contribution in [0, 0.1) is 0 Å². The number of aromatic nitrogens is 3. The lowest BCUT2D eigenvalue weighted by molar-refractivity contribution is -0.127. The van der Waals surface area contributed by atoms with Crippen LogP contribution in [-0.4, -0.2) is 38.4 Å². The Labute approximate surface area is 169 Å². The average Bonchev–Trinajstić information content (AvgIpc) is 3.26. The van der Waals surface area contributed by atoms with E-state index >= 15 is 0 Å². The number of thioether (sulfide) groups is 1. The average molecular weight is 451 g/mol. The molecule has 0 aliphatic rings. The van der Waals surface area contributed by atoms with E-state index in [4.69, 9.17) is 0 Å². The third-order valence-corrected chi connectivity index (χ3v) is 6.61. The minimum Gasteiger partial charge on any atom is -0.341 e. The molecule has 0 unspecified atom stereocenters. The molecule has 1 amide bonds. The molecule has 0 fully saturated rings. The summed E-state index contributed by atoms with van der Waals surface area (Å²) < 4.78 is 2.98. The standard InChI is InChI=1S/C18H19BrN4OS2/c1-22(11-13-6-3-4-8-15(13)19)17(24)12-26-18-21-20-16(23(18)2)10-14-7-5-9-25-14/h3-9H,10-12H2,1-2H3. The number of carbonyl (C=O) groups is 1. The Hall–Kier alpha value is -1.64. The summed E-state index contributed by atoms with van der Waals surface area (Å²) in [4.78, 5) is 15.4. The first-order valence-corrected chi connectivity index (χ1v) is 10.7.